The normalized spacial score (nSPS) is 13.8. The Balaban J connectivity index is 0.945. The molecule has 2 heteroatoms. The number of hydrogen-bond acceptors (Lipinski definition) is 2. The third-order valence-electron chi connectivity index (χ3n) is 19.3. The lowest BCUT2D eigenvalue weighted by molar-refractivity contribution is 0.414. The summed E-state index contributed by atoms with van der Waals surface area (Å²) in [5, 5.41) is 9.74. The zero-order valence-electron chi connectivity index (χ0n) is 48.9. The van der Waals surface area contributed by atoms with E-state index in [2.05, 4.69) is 241 Å². The van der Waals surface area contributed by atoms with Crippen LogP contribution in [0.5, 0.6) is 0 Å². The predicted octanol–water partition coefficient (Wildman–Crippen LogP) is 23.8. The van der Waals surface area contributed by atoms with Gasteiger partial charge in [0.1, 0.15) is 11.2 Å². The number of fused-ring (bicyclic) bond motifs is 12. The topological polar surface area (TPSA) is 16.4 Å². The molecule has 0 spiro atoms. The number of benzene rings is 11. The molecule has 12 aromatic rings. The van der Waals surface area contributed by atoms with Gasteiger partial charge in [0.05, 0.1) is 0 Å². The summed E-state index contributed by atoms with van der Waals surface area (Å²) in [7, 11) is 0. The Bertz CT molecular complexity index is 4250. The maximum absolute atomic E-state index is 6.31. The molecule has 0 radical (unpaired) electrons. The summed E-state index contributed by atoms with van der Waals surface area (Å²) in [6, 6.07) is 77.3. The molecule has 1 aromatic heterocycles. The van der Waals surface area contributed by atoms with Gasteiger partial charge in [-0.15, -0.1) is 0 Å². The molecule has 0 saturated heterocycles. The van der Waals surface area contributed by atoms with Crippen molar-refractivity contribution in [2.24, 2.45) is 0 Å². The van der Waals surface area contributed by atoms with Crippen molar-refractivity contribution < 1.29 is 4.42 Å². The Labute approximate surface area is 485 Å². The summed E-state index contributed by atoms with van der Waals surface area (Å²) in [5.74, 6) is 0. The zero-order chi connectivity index (χ0) is 55.7. The first-order chi connectivity index (χ1) is 40.2. The van der Waals surface area contributed by atoms with Crippen LogP contribution in [0, 0.1) is 13.8 Å². The van der Waals surface area contributed by atoms with E-state index in [4.69, 9.17) is 4.42 Å². The van der Waals surface area contributed by atoms with Crippen molar-refractivity contribution >= 4 is 71.3 Å². The summed E-state index contributed by atoms with van der Waals surface area (Å²) in [6.07, 6.45) is 14.2. The summed E-state index contributed by atoms with van der Waals surface area (Å²) in [5.41, 5.74) is 24.8. The lowest BCUT2D eigenvalue weighted by atomic mass is 9.70. The molecular formula is C80H75NO. The number of para-hydroxylation sites is 1. The largest absolute Gasteiger partial charge is 0.456 e. The summed E-state index contributed by atoms with van der Waals surface area (Å²) in [6.45, 7) is 14.0. The van der Waals surface area contributed by atoms with Crippen LogP contribution in [0.3, 0.4) is 0 Å². The quantitative estimate of drug-likeness (QED) is 0.0845. The van der Waals surface area contributed by atoms with E-state index in [1.807, 2.05) is 6.07 Å². The van der Waals surface area contributed by atoms with Crippen molar-refractivity contribution in [1.82, 2.24) is 0 Å². The minimum Gasteiger partial charge on any atom is -0.456 e. The van der Waals surface area contributed by atoms with E-state index in [0.29, 0.717) is 0 Å². The summed E-state index contributed by atoms with van der Waals surface area (Å²) in [4.78, 5) is 2.62. The molecular weight excluding hydrogens is 991 g/mol. The highest BCUT2D eigenvalue weighted by atomic mass is 16.3. The number of unbranched alkanes of at least 4 members (excludes halogenated alkanes) is 4. The molecule has 0 atom stereocenters. The minimum atomic E-state index is -0.0358. The molecule has 2 nitrogen and oxygen atoms in total. The third kappa shape index (κ3) is 8.33. The fourth-order valence-corrected chi connectivity index (χ4v) is 15.3. The molecule has 11 aromatic carbocycles. The lowest BCUT2D eigenvalue weighted by Gasteiger charge is -2.35. The van der Waals surface area contributed by atoms with Crippen LogP contribution >= 0.6 is 0 Å². The third-order valence-corrected chi connectivity index (χ3v) is 19.3. The maximum Gasteiger partial charge on any atom is 0.135 e. The summed E-state index contributed by atoms with van der Waals surface area (Å²) < 4.78 is 6.31. The van der Waals surface area contributed by atoms with Gasteiger partial charge in [0, 0.05) is 38.7 Å². The van der Waals surface area contributed by atoms with E-state index in [-0.39, 0.29) is 10.8 Å². The van der Waals surface area contributed by atoms with Gasteiger partial charge < -0.3 is 9.32 Å². The van der Waals surface area contributed by atoms with Gasteiger partial charge in [0.25, 0.3) is 0 Å². The fraction of sp³-hybridized carbons (Fsp3) is 0.250. The van der Waals surface area contributed by atoms with Crippen LogP contribution in [-0.2, 0) is 10.8 Å². The molecule has 0 bridgehead atoms. The first-order valence-electron chi connectivity index (χ1n) is 31.0. The van der Waals surface area contributed by atoms with Crippen LogP contribution in [0.15, 0.2) is 205 Å². The molecule has 406 valence electrons. The van der Waals surface area contributed by atoms with Gasteiger partial charge in [-0.05, 0) is 199 Å². The van der Waals surface area contributed by atoms with Gasteiger partial charge in [-0.2, -0.15) is 0 Å². The molecule has 0 N–H and O–H groups in total. The van der Waals surface area contributed by atoms with E-state index in [1.54, 1.807) is 0 Å². The van der Waals surface area contributed by atoms with Crippen LogP contribution in [0.1, 0.15) is 138 Å². The zero-order valence-corrected chi connectivity index (χ0v) is 48.9. The standard InChI is InChI=1S/C80H75NO/c1-7-11-41-79(42-12-8-2)71-45-52(5)27-36-61(71)63-38-34-59(50-73(63)79)81(60-35-39-64-62-37-28-53(6)46-72(62)80(43-13-9-3,44-14-10-4)74(64)51-60)58-33-31-54-47-56(30-29-55(54)48-58)77-66-22-15-17-24-68(66)78(69-25-18-16-23-67(69)77)57-32-40-76-70(49-57)65-21-19-20-26-75(65)82-76/h15-40,45-51H,7-14,41-44H2,1-6H3. The number of rotatable bonds is 17. The molecule has 0 amide bonds. The maximum atomic E-state index is 6.31. The van der Waals surface area contributed by atoms with E-state index >= 15 is 0 Å². The number of nitrogens with zero attached hydrogens (tertiary/aromatic N) is 1. The Morgan fingerprint density at radius 3 is 1.21 bits per heavy atom. The van der Waals surface area contributed by atoms with Crippen molar-refractivity contribution in [3.05, 3.63) is 234 Å². The Morgan fingerprint density at radius 2 is 0.707 bits per heavy atom. The van der Waals surface area contributed by atoms with Crippen molar-refractivity contribution in [2.75, 3.05) is 4.90 Å². The summed E-state index contributed by atoms with van der Waals surface area (Å²) >= 11 is 0. The molecule has 2 aliphatic rings. The Kier molecular flexibility index (Phi) is 13.3. The van der Waals surface area contributed by atoms with Crippen molar-refractivity contribution in [2.45, 2.75) is 129 Å². The molecule has 82 heavy (non-hydrogen) atoms. The van der Waals surface area contributed by atoms with Gasteiger partial charge in [-0.25, -0.2) is 0 Å². The second-order valence-corrected chi connectivity index (χ2v) is 24.4. The van der Waals surface area contributed by atoms with Crippen LogP contribution < -0.4 is 4.90 Å². The number of hydrogen-bond donors (Lipinski definition) is 0. The fourth-order valence-electron chi connectivity index (χ4n) is 15.3. The molecule has 0 aliphatic heterocycles. The average Bonchev–Trinajstić information content (AvgIpc) is 3.76. The molecule has 0 saturated carbocycles. The van der Waals surface area contributed by atoms with E-state index in [9.17, 15) is 0 Å². The average molecular weight is 1070 g/mol. The van der Waals surface area contributed by atoms with Gasteiger partial charge in [0.2, 0.25) is 0 Å². The highest BCUT2D eigenvalue weighted by Gasteiger charge is 2.44. The van der Waals surface area contributed by atoms with Crippen LogP contribution in [0.2, 0.25) is 0 Å². The highest BCUT2D eigenvalue weighted by molar-refractivity contribution is 6.22. The van der Waals surface area contributed by atoms with Gasteiger partial charge in [0.15, 0.2) is 0 Å². The SMILES string of the molecule is CCCCC1(CCCC)c2cc(C)ccc2-c2ccc(N(c3ccc4c(c3)C(CCCC)(CCCC)c3cc(C)ccc3-4)c3ccc4cc(-c5c6ccccc6c(-c6ccc7oc8ccccc8c7c6)c6ccccc56)ccc4c3)cc21. The van der Waals surface area contributed by atoms with Gasteiger partial charge >= 0.3 is 0 Å². The van der Waals surface area contributed by atoms with Crippen LogP contribution in [0.25, 0.3) is 98.8 Å². The van der Waals surface area contributed by atoms with Crippen molar-refractivity contribution in [3.8, 4) is 44.5 Å². The molecule has 1 heterocycles. The van der Waals surface area contributed by atoms with Crippen LogP contribution in [0.4, 0.5) is 17.1 Å². The number of aryl methyl sites for hydroxylation is 2. The van der Waals surface area contributed by atoms with E-state index < -0.39 is 0 Å². The molecule has 0 unspecified atom stereocenters. The van der Waals surface area contributed by atoms with Gasteiger partial charge in [-0.3, -0.25) is 0 Å². The molecule has 2 aliphatic carbocycles. The Morgan fingerprint density at radius 1 is 0.329 bits per heavy atom. The minimum absolute atomic E-state index is 0.0358. The predicted molar refractivity (Wildman–Crippen MR) is 352 cm³/mol. The van der Waals surface area contributed by atoms with E-state index in [1.165, 1.54) is 179 Å². The Hall–Kier alpha value is -8.20. The van der Waals surface area contributed by atoms with Gasteiger partial charge in [-0.1, -0.05) is 230 Å². The molecule has 0 fully saturated rings. The first kappa shape index (κ1) is 51.9. The molecule has 14 rings (SSSR count). The number of furan rings is 1. The van der Waals surface area contributed by atoms with Crippen molar-refractivity contribution in [1.29, 1.82) is 0 Å². The van der Waals surface area contributed by atoms with Crippen LogP contribution in [-0.4, -0.2) is 0 Å². The van der Waals surface area contributed by atoms with E-state index in [0.717, 1.165) is 47.6 Å². The second kappa shape index (κ2) is 21.0. The first-order valence-corrected chi connectivity index (χ1v) is 31.0. The van der Waals surface area contributed by atoms with Crippen molar-refractivity contribution in [3.63, 3.8) is 0 Å². The second-order valence-electron chi connectivity index (χ2n) is 24.4. The lowest BCUT2D eigenvalue weighted by Crippen LogP contribution is -2.26. The number of anilines is 3. The highest BCUT2D eigenvalue weighted by Crippen LogP contribution is 2.58. The monoisotopic (exact) mass is 1070 g/mol. The smallest absolute Gasteiger partial charge is 0.135 e.